The summed E-state index contributed by atoms with van der Waals surface area (Å²) in [6, 6.07) is 15.7. The SMILES string of the molecule is CCN(Cc1ccccc1)C(=O)CSc1nnc(-c2ccc(F)cc2)o1. The summed E-state index contributed by atoms with van der Waals surface area (Å²) >= 11 is 1.20. The van der Waals surface area contributed by atoms with E-state index in [1.165, 1.54) is 23.9 Å². The third-order valence-electron chi connectivity index (χ3n) is 3.77. The van der Waals surface area contributed by atoms with Gasteiger partial charge in [-0.3, -0.25) is 4.79 Å². The average molecular weight is 371 g/mol. The minimum absolute atomic E-state index is 0.00267. The quantitative estimate of drug-likeness (QED) is 0.587. The number of aromatic nitrogens is 2. The zero-order chi connectivity index (χ0) is 18.4. The summed E-state index contributed by atoms with van der Waals surface area (Å²) in [5.41, 5.74) is 1.72. The van der Waals surface area contributed by atoms with Crippen molar-refractivity contribution in [3.05, 3.63) is 66.0 Å². The van der Waals surface area contributed by atoms with Crippen LogP contribution in [0.15, 0.2) is 64.2 Å². The average Bonchev–Trinajstić information content (AvgIpc) is 3.14. The van der Waals surface area contributed by atoms with Gasteiger partial charge in [0.1, 0.15) is 5.82 Å². The van der Waals surface area contributed by atoms with Gasteiger partial charge in [-0.2, -0.15) is 0 Å². The molecule has 3 aromatic rings. The Morgan fingerprint density at radius 3 is 2.54 bits per heavy atom. The van der Waals surface area contributed by atoms with Crippen molar-refractivity contribution in [2.24, 2.45) is 0 Å². The molecule has 0 aliphatic carbocycles. The van der Waals surface area contributed by atoms with Crippen molar-refractivity contribution < 1.29 is 13.6 Å². The lowest BCUT2D eigenvalue weighted by Gasteiger charge is -2.20. The smallest absolute Gasteiger partial charge is 0.277 e. The molecule has 0 atom stereocenters. The third-order valence-corrected chi connectivity index (χ3v) is 4.57. The lowest BCUT2D eigenvalue weighted by atomic mass is 10.2. The highest BCUT2D eigenvalue weighted by Gasteiger charge is 2.15. The Morgan fingerprint density at radius 1 is 1.12 bits per heavy atom. The van der Waals surface area contributed by atoms with E-state index < -0.39 is 0 Å². The number of nitrogens with zero attached hydrogens (tertiary/aromatic N) is 3. The Bertz CT molecular complexity index is 853. The maximum atomic E-state index is 13.0. The van der Waals surface area contributed by atoms with E-state index in [9.17, 15) is 9.18 Å². The van der Waals surface area contributed by atoms with Crippen molar-refractivity contribution >= 4 is 17.7 Å². The van der Waals surface area contributed by atoms with Gasteiger partial charge in [0.25, 0.3) is 5.22 Å². The number of halogens is 1. The Labute approximate surface area is 155 Å². The van der Waals surface area contributed by atoms with Gasteiger partial charge in [0, 0.05) is 18.7 Å². The highest BCUT2D eigenvalue weighted by Crippen LogP contribution is 2.23. The summed E-state index contributed by atoms with van der Waals surface area (Å²) < 4.78 is 18.5. The Morgan fingerprint density at radius 2 is 1.85 bits per heavy atom. The molecule has 2 aromatic carbocycles. The molecule has 1 amide bonds. The fourth-order valence-electron chi connectivity index (χ4n) is 2.37. The number of amides is 1. The molecule has 7 heteroatoms. The minimum Gasteiger partial charge on any atom is -0.411 e. The number of hydrogen-bond donors (Lipinski definition) is 0. The van der Waals surface area contributed by atoms with Crippen LogP contribution < -0.4 is 0 Å². The highest BCUT2D eigenvalue weighted by atomic mass is 32.2. The van der Waals surface area contributed by atoms with Gasteiger partial charge < -0.3 is 9.32 Å². The van der Waals surface area contributed by atoms with Crippen molar-refractivity contribution in [1.29, 1.82) is 0 Å². The van der Waals surface area contributed by atoms with Gasteiger partial charge in [0.2, 0.25) is 11.8 Å². The lowest BCUT2D eigenvalue weighted by molar-refractivity contribution is -0.128. The predicted molar refractivity (Wildman–Crippen MR) is 97.9 cm³/mol. The van der Waals surface area contributed by atoms with Crippen LogP contribution in [0.1, 0.15) is 12.5 Å². The second-order valence-corrected chi connectivity index (χ2v) is 6.49. The Kier molecular flexibility index (Phi) is 6.01. The number of thioether (sulfide) groups is 1. The molecule has 0 N–H and O–H groups in total. The van der Waals surface area contributed by atoms with Crippen LogP contribution in [-0.2, 0) is 11.3 Å². The Balaban J connectivity index is 1.57. The minimum atomic E-state index is -0.327. The molecule has 0 bridgehead atoms. The first-order valence-electron chi connectivity index (χ1n) is 8.19. The highest BCUT2D eigenvalue weighted by molar-refractivity contribution is 7.99. The van der Waals surface area contributed by atoms with E-state index in [4.69, 9.17) is 4.42 Å². The van der Waals surface area contributed by atoms with Crippen molar-refractivity contribution in [3.63, 3.8) is 0 Å². The number of hydrogen-bond acceptors (Lipinski definition) is 5. The normalized spacial score (nSPS) is 10.7. The molecule has 0 unspecified atom stereocenters. The maximum Gasteiger partial charge on any atom is 0.277 e. The molecular formula is C19H18FN3O2S. The van der Waals surface area contributed by atoms with Crippen LogP contribution in [0.4, 0.5) is 4.39 Å². The van der Waals surface area contributed by atoms with Crippen molar-refractivity contribution in [2.75, 3.05) is 12.3 Å². The molecule has 1 heterocycles. The first kappa shape index (κ1) is 18.1. The molecule has 0 fully saturated rings. The van der Waals surface area contributed by atoms with E-state index in [1.54, 1.807) is 17.0 Å². The van der Waals surface area contributed by atoms with E-state index in [0.29, 0.717) is 29.8 Å². The van der Waals surface area contributed by atoms with E-state index in [-0.39, 0.29) is 17.5 Å². The van der Waals surface area contributed by atoms with Crippen molar-refractivity contribution in [3.8, 4) is 11.5 Å². The first-order valence-corrected chi connectivity index (χ1v) is 9.18. The molecule has 0 saturated carbocycles. The second-order valence-electron chi connectivity index (χ2n) is 5.56. The second kappa shape index (κ2) is 8.62. The summed E-state index contributed by atoms with van der Waals surface area (Å²) in [7, 11) is 0. The molecule has 0 radical (unpaired) electrons. The van der Waals surface area contributed by atoms with Crippen LogP contribution in [0.25, 0.3) is 11.5 Å². The van der Waals surface area contributed by atoms with E-state index >= 15 is 0 Å². The molecule has 5 nitrogen and oxygen atoms in total. The first-order chi connectivity index (χ1) is 12.7. The number of rotatable bonds is 7. The van der Waals surface area contributed by atoms with Gasteiger partial charge in [-0.05, 0) is 36.8 Å². The monoisotopic (exact) mass is 371 g/mol. The standard InChI is InChI=1S/C19H18FN3O2S/c1-2-23(12-14-6-4-3-5-7-14)17(24)13-26-19-22-21-18(25-19)15-8-10-16(20)11-9-15/h3-11H,2,12-13H2,1H3. The van der Waals surface area contributed by atoms with E-state index in [1.807, 2.05) is 37.3 Å². The largest absolute Gasteiger partial charge is 0.411 e. The zero-order valence-corrected chi connectivity index (χ0v) is 15.1. The number of carbonyl (C=O) groups is 1. The molecule has 3 rings (SSSR count). The molecular weight excluding hydrogens is 353 g/mol. The molecule has 0 saturated heterocycles. The fourth-order valence-corrected chi connectivity index (χ4v) is 3.04. The summed E-state index contributed by atoms with van der Waals surface area (Å²) in [6.45, 7) is 3.14. The summed E-state index contributed by atoms with van der Waals surface area (Å²) in [5, 5.41) is 8.19. The van der Waals surface area contributed by atoms with Crippen LogP contribution in [-0.4, -0.2) is 33.3 Å². The molecule has 0 aliphatic heterocycles. The summed E-state index contributed by atoms with van der Waals surface area (Å²) in [6.07, 6.45) is 0. The summed E-state index contributed by atoms with van der Waals surface area (Å²) in [5.74, 6) is 0.192. The topological polar surface area (TPSA) is 59.2 Å². The van der Waals surface area contributed by atoms with Crippen LogP contribution in [0.5, 0.6) is 0 Å². The summed E-state index contributed by atoms with van der Waals surface area (Å²) in [4.78, 5) is 14.2. The lowest BCUT2D eigenvalue weighted by Crippen LogP contribution is -2.31. The van der Waals surface area contributed by atoms with Crippen LogP contribution >= 0.6 is 11.8 Å². The fraction of sp³-hybridized carbons (Fsp3) is 0.211. The van der Waals surface area contributed by atoms with Gasteiger partial charge in [0.05, 0.1) is 5.75 Å². The van der Waals surface area contributed by atoms with E-state index in [0.717, 1.165) is 5.56 Å². The van der Waals surface area contributed by atoms with Gasteiger partial charge in [-0.25, -0.2) is 4.39 Å². The van der Waals surface area contributed by atoms with Crippen LogP contribution in [0.3, 0.4) is 0 Å². The van der Waals surface area contributed by atoms with Crippen molar-refractivity contribution in [2.45, 2.75) is 18.7 Å². The molecule has 0 spiro atoms. The van der Waals surface area contributed by atoms with Crippen LogP contribution in [0, 0.1) is 5.82 Å². The third kappa shape index (κ3) is 4.70. The maximum absolute atomic E-state index is 13.0. The molecule has 134 valence electrons. The van der Waals surface area contributed by atoms with E-state index in [2.05, 4.69) is 10.2 Å². The van der Waals surface area contributed by atoms with Crippen molar-refractivity contribution in [1.82, 2.24) is 15.1 Å². The molecule has 26 heavy (non-hydrogen) atoms. The van der Waals surface area contributed by atoms with Crippen LogP contribution in [0.2, 0.25) is 0 Å². The van der Waals surface area contributed by atoms with Gasteiger partial charge in [-0.1, -0.05) is 42.1 Å². The van der Waals surface area contributed by atoms with Gasteiger partial charge in [-0.15, -0.1) is 10.2 Å². The zero-order valence-electron chi connectivity index (χ0n) is 14.3. The molecule has 1 aromatic heterocycles. The van der Waals surface area contributed by atoms with Gasteiger partial charge >= 0.3 is 0 Å². The number of carbonyl (C=O) groups excluding carboxylic acids is 1. The number of benzene rings is 2. The van der Waals surface area contributed by atoms with Gasteiger partial charge in [0.15, 0.2) is 0 Å². The predicted octanol–water partition coefficient (Wildman–Crippen LogP) is 4.02. The molecule has 0 aliphatic rings. The Hall–Kier alpha value is -2.67.